The van der Waals surface area contributed by atoms with Crippen molar-refractivity contribution in [3.63, 3.8) is 0 Å². The van der Waals surface area contributed by atoms with Crippen LogP contribution in [0.15, 0.2) is 22.0 Å². The predicted octanol–water partition coefficient (Wildman–Crippen LogP) is 1.72. The summed E-state index contributed by atoms with van der Waals surface area (Å²) in [5.41, 5.74) is 0.961. The molecule has 0 amide bonds. The molecular weight excluding hydrogens is 246 g/mol. The number of hydrogen-bond donors (Lipinski definition) is 1. The fraction of sp³-hybridized carbons (Fsp3) is 0.222. The summed E-state index contributed by atoms with van der Waals surface area (Å²) in [5.74, 6) is -0.225. The highest BCUT2D eigenvalue weighted by Gasteiger charge is 2.11. The highest BCUT2D eigenvalue weighted by molar-refractivity contribution is 7.99. The molecule has 7 heteroatoms. The van der Waals surface area contributed by atoms with Gasteiger partial charge >= 0.3 is 5.97 Å². The van der Waals surface area contributed by atoms with E-state index in [0.717, 1.165) is 5.56 Å². The van der Waals surface area contributed by atoms with Gasteiger partial charge in [-0.05, 0) is 11.4 Å². The number of thiophene rings is 1. The second kappa shape index (κ2) is 4.67. The molecule has 2 aromatic rings. The van der Waals surface area contributed by atoms with Gasteiger partial charge in [0.05, 0.1) is 5.75 Å². The van der Waals surface area contributed by atoms with Crippen LogP contribution >= 0.6 is 23.1 Å². The number of hydrogen-bond acceptors (Lipinski definition) is 5. The smallest absolute Gasteiger partial charge is 0.313 e. The molecule has 2 heterocycles. The number of aliphatic carboxylic acids is 1. The van der Waals surface area contributed by atoms with Crippen LogP contribution in [0.3, 0.4) is 0 Å². The first-order valence-electron chi connectivity index (χ1n) is 4.45. The number of aryl methyl sites for hydroxylation is 1. The van der Waals surface area contributed by atoms with Crippen molar-refractivity contribution in [1.82, 2.24) is 14.8 Å². The van der Waals surface area contributed by atoms with Crippen molar-refractivity contribution in [1.29, 1.82) is 0 Å². The molecule has 0 saturated carbocycles. The molecule has 0 radical (unpaired) electrons. The Morgan fingerprint density at radius 1 is 1.69 bits per heavy atom. The zero-order valence-corrected chi connectivity index (χ0v) is 10.1. The van der Waals surface area contributed by atoms with Crippen molar-refractivity contribution < 1.29 is 9.90 Å². The number of nitrogens with zero attached hydrogens (tertiary/aromatic N) is 3. The van der Waals surface area contributed by atoms with Gasteiger partial charge in [0.1, 0.15) is 0 Å². The molecule has 0 aliphatic rings. The molecule has 0 fully saturated rings. The van der Waals surface area contributed by atoms with Gasteiger partial charge in [-0.3, -0.25) is 4.79 Å². The second-order valence-electron chi connectivity index (χ2n) is 3.04. The summed E-state index contributed by atoms with van der Waals surface area (Å²) >= 11 is 2.74. The minimum Gasteiger partial charge on any atom is -0.481 e. The first-order valence-corrected chi connectivity index (χ1v) is 6.38. The minimum absolute atomic E-state index is 0.00435. The third-order valence-corrected chi connectivity index (χ3v) is 3.52. The van der Waals surface area contributed by atoms with E-state index in [9.17, 15) is 4.79 Å². The van der Waals surface area contributed by atoms with Gasteiger partial charge in [0, 0.05) is 18.0 Å². The lowest BCUT2D eigenvalue weighted by Crippen LogP contribution is -2.00. The van der Waals surface area contributed by atoms with Gasteiger partial charge < -0.3 is 5.11 Å². The Morgan fingerprint density at radius 2 is 2.50 bits per heavy atom. The van der Waals surface area contributed by atoms with Crippen molar-refractivity contribution in [2.24, 2.45) is 7.05 Å². The van der Waals surface area contributed by atoms with Crippen molar-refractivity contribution in [2.75, 3.05) is 5.75 Å². The van der Waals surface area contributed by atoms with Crippen LogP contribution < -0.4 is 0 Å². The molecule has 5 nitrogen and oxygen atoms in total. The Labute approximate surface area is 100 Å². The quantitative estimate of drug-likeness (QED) is 0.842. The average molecular weight is 255 g/mol. The predicted molar refractivity (Wildman–Crippen MR) is 62.7 cm³/mol. The maximum Gasteiger partial charge on any atom is 0.313 e. The number of rotatable bonds is 4. The lowest BCUT2D eigenvalue weighted by molar-refractivity contribution is -0.133. The molecule has 0 unspecified atom stereocenters. The van der Waals surface area contributed by atoms with Crippen LogP contribution in [-0.4, -0.2) is 31.6 Å². The Bertz CT molecular complexity index is 493. The van der Waals surface area contributed by atoms with Crippen LogP contribution in [0.25, 0.3) is 11.4 Å². The first kappa shape index (κ1) is 11.2. The number of carbonyl (C=O) groups is 1. The Morgan fingerprint density at radius 3 is 3.12 bits per heavy atom. The van der Waals surface area contributed by atoms with Crippen LogP contribution in [0, 0.1) is 0 Å². The summed E-state index contributed by atoms with van der Waals surface area (Å²) in [6, 6.07) is 1.94. The topological polar surface area (TPSA) is 68.0 Å². The van der Waals surface area contributed by atoms with Crippen LogP contribution in [0.2, 0.25) is 0 Å². The summed E-state index contributed by atoms with van der Waals surface area (Å²) in [6.45, 7) is 0. The monoisotopic (exact) mass is 255 g/mol. The number of thioether (sulfide) groups is 1. The van der Waals surface area contributed by atoms with E-state index in [1.54, 1.807) is 23.1 Å². The summed E-state index contributed by atoms with van der Waals surface area (Å²) in [7, 11) is 1.76. The average Bonchev–Trinajstić information content (AvgIpc) is 2.83. The summed E-state index contributed by atoms with van der Waals surface area (Å²) in [5, 5.41) is 17.3. The van der Waals surface area contributed by atoms with Gasteiger partial charge in [-0.1, -0.05) is 11.8 Å². The zero-order valence-electron chi connectivity index (χ0n) is 8.45. The highest BCUT2D eigenvalue weighted by atomic mass is 32.2. The highest BCUT2D eigenvalue weighted by Crippen LogP contribution is 2.22. The lowest BCUT2D eigenvalue weighted by Gasteiger charge is -1.94. The van der Waals surface area contributed by atoms with Gasteiger partial charge in [0.15, 0.2) is 11.0 Å². The molecule has 1 N–H and O–H groups in total. The standard InChI is InChI=1S/C9H9N3O2S2/c1-12-9(16-5-7(13)14)10-8(11-12)6-2-3-15-4-6/h2-4H,5H2,1H3,(H,13,14). The minimum atomic E-state index is -0.856. The van der Waals surface area contributed by atoms with Gasteiger partial charge in [0.2, 0.25) is 0 Å². The van der Waals surface area contributed by atoms with E-state index in [-0.39, 0.29) is 5.75 Å². The van der Waals surface area contributed by atoms with Crippen LogP contribution in [0.5, 0.6) is 0 Å². The summed E-state index contributed by atoms with van der Waals surface area (Å²) in [4.78, 5) is 14.7. The molecule has 0 saturated heterocycles. The molecule has 84 valence electrons. The Kier molecular flexibility index (Phi) is 3.25. The fourth-order valence-corrected chi connectivity index (χ4v) is 2.40. The maximum atomic E-state index is 10.4. The van der Waals surface area contributed by atoms with E-state index >= 15 is 0 Å². The van der Waals surface area contributed by atoms with Gasteiger partial charge in [0.25, 0.3) is 0 Å². The Hall–Kier alpha value is -1.34. The van der Waals surface area contributed by atoms with E-state index in [2.05, 4.69) is 10.1 Å². The lowest BCUT2D eigenvalue weighted by atomic mass is 10.3. The van der Waals surface area contributed by atoms with Crippen molar-refractivity contribution in [3.05, 3.63) is 16.8 Å². The third-order valence-electron chi connectivity index (χ3n) is 1.83. The second-order valence-corrected chi connectivity index (χ2v) is 4.76. The van der Waals surface area contributed by atoms with Crippen LogP contribution in [-0.2, 0) is 11.8 Å². The fourth-order valence-electron chi connectivity index (χ4n) is 1.14. The van der Waals surface area contributed by atoms with E-state index in [1.807, 2.05) is 16.8 Å². The van der Waals surface area contributed by atoms with E-state index in [4.69, 9.17) is 5.11 Å². The molecule has 0 atom stereocenters. The number of carboxylic acid groups (broad SMARTS) is 1. The van der Waals surface area contributed by atoms with Crippen LogP contribution in [0.4, 0.5) is 0 Å². The largest absolute Gasteiger partial charge is 0.481 e. The molecule has 0 aliphatic heterocycles. The molecule has 16 heavy (non-hydrogen) atoms. The van der Waals surface area contributed by atoms with E-state index in [1.165, 1.54) is 11.8 Å². The molecule has 0 aliphatic carbocycles. The summed E-state index contributed by atoms with van der Waals surface area (Å²) < 4.78 is 1.60. The van der Waals surface area contributed by atoms with Gasteiger partial charge in [-0.15, -0.1) is 0 Å². The molecular formula is C9H9N3O2S2. The van der Waals surface area contributed by atoms with Gasteiger partial charge in [-0.25, -0.2) is 9.67 Å². The summed E-state index contributed by atoms with van der Waals surface area (Å²) in [6.07, 6.45) is 0. The third kappa shape index (κ3) is 2.42. The molecule has 0 aromatic carbocycles. The maximum absolute atomic E-state index is 10.4. The molecule has 2 rings (SSSR count). The Balaban J connectivity index is 2.19. The first-order chi connectivity index (χ1) is 7.66. The molecule has 0 bridgehead atoms. The number of aromatic nitrogens is 3. The number of carboxylic acids is 1. The SMILES string of the molecule is Cn1nc(-c2ccsc2)nc1SCC(=O)O. The van der Waals surface area contributed by atoms with Crippen molar-refractivity contribution in [3.8, 4) is 11.4 Å². The van der Waals surface area contributed by atoms with Crippen molar-refractivity contribution in [2.45, 2.75) is 5.16 Å². The van der Waals surface area contributed by atoms with E-state index < -0.39 is 5.97 Å². The normalized spacial score (nSPS) is 10.6. The van der Waals surface area contributed by atoms with Crippen molar-refractivity contribution >= 4 is 29.1 Å². The molecule has 0 spiro atoms. The van der Waals surface area contributed by atoms with Crippen LogP contribution in [0.1, 0.15) is 0 Å². The van der Waals surface area contributed by atoms with E-state index in [0.29, 0.717) is 11.0 Å². The van der Waals surface area contributed by atoms with Gasteiger partial charge in [-0.2, -0.15) is 16.4 Å². The molecule has 2 aromatic heterocycles. The zero-order chi connectivity index (χ0) is 11.5.